The number of hydrogen-bond donors (Lipinski definition) is 1. The van der Waals surface area contributed by atoms with Crippen LogP contribution < -0.4 is 0 Å². The van der Waals surface area contributed by atoms with Gasteiger partial charge in [0.05, 0.1) is 4.92 Å². The van der Waals surface area contributed by atoms with Gasteiger partial charge in [0.2, 0.25) is 0 Å². The van der Waals surface area contributed by atoms with Gasteiger partial charge in [0.25, 0.3) is 11.6 Å². The van der Waals surface area contributed by atoms with Crippen LogP contribution in [0.25, 0.3) is 0 Å². The van der Waals surface area contributed by atoms with Gasteiger partial charge < -0.3 is 10.0 Å². The van der Waals surface area contributed by atoms with Crippen LogP contribution in [-0.4, -0.2) is 38.9 Å². The number of nitro benzene ring substituents is 1. The fourth-order valence-corrected chi connectivity index (χ4v) is 1.91. The summed E-state index contributed by atoms with van der Waals surface area (Å²) in [7, 11) is 0. The number of halogens is 1. The summed E-state index contributed by atoms with van der Waals surface area (Å²) in [5.41, 5.74) is -1.46. The van der Waals surface area contributed by atoms with Gasteiger partial charge in [-0.05, 0) is 32.9 Å². The van der Waals surface area contributed by atoms with Gasteiger partial charge in [-0.2, -0.15) is 0 Å². The molecule has 0 atom stereocenters. The van der Waals surface area contributed by atoms with Crippen molar-refractivity contribution in [3.63, 3.8) is 0 Å². The second kappa shape index (κ2) is 6.09. The number of carboxylic acids is 1. The summed E-state index contributed by atoms with van der Waals surface area (Å²) >= 11 is 5.78. The van der Waals surface area contributed by atoms with E-state index in [-0.39, 0.29) is 10.6 Å². The zero-order valence-electron chi connectivity index (χ0n) is 11.8. The van der Waals surface area contributed by atoms with E-state index in [1.165, 1.54) is 12.1 Å². The van der Waals surface area contributed by atoms with Crippen LogP contribution in [0.3, 0.4) is 0 Å². The van der Waals surface area contributed by atoms with E-state index >= 15 is 0 Å². The van der Waals surface area contributed by atoms with Gasteiger partial charge in [-0.1, -0.05) is 11.6 Å². The predicted octanol–water partition coefficient (Wildman–Crippen LogP) is 2.57. The Bertz CT molecular complexity index is 595. The Kier molecular flexibility index (Phi) is 4.90. The standard InChI is InChI=1S/C13H15ClN2O5/c1-13(2,3)15(7-11(17)18)12(19)9-6-8(14)4-5-10(9)16(20)21/h4-6H,7H2,1-3H3,(H,17,18). The number of aliphatic carboxylic acids is 1. The molecular formula is C13H15ClN2O5. The topological polar surface area (TPSA) is 101 Å². The number of carbonyl (C=O) groups excluding carboxylic acids is 1. The largest absolute Gasteiger partial charge is 0.480 e. The number of nitro groups is 1. The third kappa shape index (κ3) is 4.16. The lowest BCUT2D eigenvalue weighted by Crippen LogP contribution is -2.48. The minimum absolute atomic E-state index is 0.160. The molecule has 0 aliphatic rings. The second-order valence-electron chi connectivity index (χ2n) is 5.37. The summed E-state index contributed by atoms with van der Waals surface area (Å²) < 4.78 is 0. The summed E-state index contributed by atoms with van der Waals surface area (Å²) in [5, 5.41) is 20.1. The molecule has 0 heterocycles. The van der Waals surface area contributed by atoms with E-state index in [1.54, 1.807) is 20.8 Å². The molecule has 0 unspecified atom stereocenters. The number of hydrogen-bond acceptors (Lipinski definition) is 4. The molecule has 0 saturated heterocycles. The van der Waals surface area contributed by atoms with Crippen molar-refractivity contribution in [1.82, 2.24) is 4.90 Å². The first-order valence-electron chi connectivity index (χ1n) is 6.01. The van der Waals surface area contributed by atoms with Crippen LogP contribution in [-0.2, 0) is 4.79 Å². The fraction of sp³-hybridized carbons (Fsp3) is 0.385. The van der Waals surface area contributed by atoms with E-state index in [1.807, 2.05) is 0 Å². The Morgan fingerprint density at radius 1 is 1.38 bits per heavy atom. The van der Waals surface area contributed by atoms with Crippen LogP contribution in [0, 0.1) is 10.1 Å². The quantitative estimate of drug-likeness (QED) is 0.680. The summed E-state index contributed by atoms with van der Waals surface area (Å²) in [6.45, 7) is 4.37. The molecule has 0 aliphatic heterocycles. The van der Waals surface area contributed by atoms with Gasteiger partial charge in [-0.25, -0.2) is 0 Å². The normalized spacial score (nSPS) is 11.0. The van der Waals surface area contributed by atoms with Crippen LogP contribution in [0.4, 0.5) is 5.69 Å². The van der Waals surface area contributed by atoms with Crippen LogP contribution >= 0.6 is 11.6 Å². The first kappa shape index (κ1) is 16.9. The zero-order valence-corrected chi connectivity index (χ0v) is 12.5. The highest BCUT2D eigenvalue weighted by Gasteiger charge is 2.33. The highest BCUT2D eigenvalue weighted by Crippen LogP contribution is 2.26. The summed E-state index contributed by atoms with van der Waals surface area (Å²) in [6, 6.07) is 3.59. The molecule has 7 nitrogen and oxygen atoms in total. The van der Waals surface area contributed by atoms with Crippen molar-refractivity contribution in [2.45, 2.75) is 26.3 Å². The molecule has 1 N–H and O–H groups in total. The molecule has 1 amide bonds. The van der Waals surface area contributed by atoms with E-state index in [0.29, 0.717) is 0 Å². The molecule has 21 heavy (non-hydrogen) atoms. The molecular weight excluding hydrogens is 300 g/mol. The maximum atomic E-state index is 12.5. The molecule has 8 heteroatoms. The maximum Gasteiger partial charge on any atom is 0.323 e. The monoisotopic (exact) mass is 314 g/mol. The molecule has 1 aromatic rings. The Morgan fingerprint density at radius 3 is 2.38 bits per heavy atom. The van der Waals surface area contributed by atoms with Crippen molar-refractivity contribution in [3.05, 3.63) is 38.9 Å². The van der Waals surface area contributed by atoms with E-state index in [0.717, 1.165) is 11.0 Å². The van der Waals surface area contributed by atoms with Gasteiger partial charge in [0, 0.05) is 16.6 Å². The maximum absolute atomic E-state index is 12.5. The molecule has 0 aromatic heterocycles. The molecule has 0 radical (unpaired) electrons. The average Bonchev–Trinajstić information content (AvgIpc) is 2.33. The second-order valence-corrected chi connectivity index (χ2v) is 5.81. The van der Waals surface area contributed by atoms with E-state index in [4.69, 9.17) is 16.7 Å². The van der Waals surface area contributed by atoms with Crippen molar-refractivity contribution in [2.24, 2.45) is 0 Å². The van der Waals surface area contributed by atoms with Gasteiger partial charge in [0.15, 0.2) is 0 Å². The third-order valence-corrected chi connectivity index (χ3v) is 2.97. The van der Waals surface area contributed by atoms with E-state index < -0.39 is 34.6 Å². The number of carbonyl (C=O) groups is 2. The third-order valence-electron chi connectivity index (χ3n) is 2.73. The molecule has 0 spiro atoms. The number of nitrogens with zero attached hydrogens (tertiary/aromatic N) is 2. The molecule has 0 saturated carbocycles. The van der Waals surface area contributed by atoms with Gasteiger partial charge in [-0.15, -0.1) is 0 Å². The highest BCUT2D eigenvalue weighted by atomic mass is 35.5. The van der Waals surface area contributed by atoms with Crippen LogP contribution in [0.2, 0.25) is 5.02 Å². The van der Waals surface area contributed by atoms with Crippen LogP contribution in [0.1, 0.15) is 31.1 Å². The Hall–Kier alpha value is -2.15. The molecule has 0 bridgehead atoms. The smallest absolute Gasteiger partial charge is 0.323 e. The van der Waals surface area contributed by atoms with Crippen molar-refractivity contribution >= 4 is 29.2 Å². The van der Waals surface area contributed by atoms with E-state index in [9.17, 15) is 19.7 Å². The molecule has 114 valence electrons. The fourth-order valence-electron chi connectivity index (χ4n) is 1.73. The number of amides is 1. The molecule has 1 rings (SSSR count). The van der Waals surface area contributed by atoms with Crippen LogP contribution in [0.5, 0.6) is 0 Å². The van der Waals surface area contributed by atoms with E-state index in [2.05, 4.69) is 0 Å². The van der Waals surface area contributed by atoms with Gasteiger partial charge >= 0.3 is 5.97 Å². The predicted molar refractivity (Wildman–Crippen MR) is 76.5 cm³/mol. The summed E-state index contributed by atoms with van der Waals surface area (Å²) in [6.07, 6.45) is 0. The van der Waals surface area contributed by atoms with Gasteiger partial charge in [0.1, 0.15) is 12.1 Å². The minimum atomic E-state index is -1.21. The lowest BCUT2D eigenvalue weighted by atomic mass is 10.0. The zero-order chi connectivity index (χ0) is 16.4. The Balaban J connectivity index is 3.36. The summed E-state index contributed by atoms with van der Waals surface area (Å²) in [5.74, 6) is -1.96. The first-order chi connectivity index (χ1) is 9.54. The molecule has 0 fully saturated rings. The lowest BCUT2D eigenvalue weighted by Gasteiger charge is -2.34. The Morgan fingerprint density at radius 2 is 1.95 bits per heavy atom. The van der Waals surface area contributed by atoms with Gasteiger partial charge in [-0.3, -0.25) is 19.7 Å². The Labute approximate surface area is 126 Å². The van der Waals surface area contributed by atoms with Crippen molar-refractivity contribution in [3.8, 4) is 0 Å². The molecule has 1 aromatic carbocycles. The number of carboxylic acid groups (broad SMARTS) is 1. The van der Waals surface area contributed by atoms with Crippen molar-refractivity contribution in [1.29, 1.82) is 0 Å². The highest BCUT2D eigenvalue weighted by molar-refractivity contribution is 6.31. The SMILES string of the molecule is CC(C)(C)N(CC(=O)O)C(=O)c1cc(Cl)ccc1[N+](=O)[O-]. The van der Waals surface area contributed by atoms with Crippen molar-refractivity contribution in [2.75, 3.05) is 6.54 Å². The van der Waals surface area contributed by atoms with Crippen LogP contribution in [0.15, 0.2) is 18.2 Å². The molecule has 0 aliphatic carbocycles. The number of rotatable bonds is 4. The first-order valence-corrected chi connectivity index (χ1v) is 6.39. The number of benzene rings is 1. The summed E-state index contributed by atoms with van der Waals surface area (Å²) in [4.78, 5) is 34.8. The average molecular weight is 315 g/mol. The van der Waals surface area contributed by atoms with Crippen molar-refractivity contribution < 1.29 is 19.6 Å². The lowest BCUT2D eigenvalue weighted by molar-refractivity contribution is -0.385. The minimum Gasteiger partial charge on any atom is -0.480 e.